The van der Waals surface area contributed by atoms with Crippen LogP contribution in [-0.4, -0.2) is 11.9 Å². The molecule has 0 aliphatic heterocycles. The number of benzene rings is 4. The molecule has 0 saturated carbocycles. The molecular weight excluding hydrogens is 566 g/mol. The van der Waals surface area contributed by atoms with Gasteiger partial charge in [-0.1, -0.05) is 60.7 Å². The van der Waals surface area contributed by atoms with Crippen LogP contribution in [0.1, 0.15) is 43.0 Å². The van der Waals surface area contributed by atoms with E-state index in [0.717, 1.165) is 12.1 Å². The van der Waals surface area contributed by atoms with E-state index < -0.39 is 82.3 Å². The molecule has 4 aromatic carbocycles. The Hall–Kier alpha value is -5.00. The third kappa shape index (κ3) is 6.82. The van der Waals surface area contributed by atoms with E-state index in [1.807, 2.05) is 0 Å². The Bertz CT molecular complexity index is 1480. The third-order valence-electron chi connectivity index (χ3n) is 6.05. The van der Waals surface area contributed by atoms with E-state index in [9.17, 15) is 35.9 Å². The molecule has 0 aromatic heterocycles. The van der Waals surface area contributed by atoms with Gasteiger partial charge in [0.25, 0.3) is 0 Å². The minimum Gasteiger partial charge on any atom is -0.457 e. The van der Waals surface area contributed by atoms with E-state index in [2.05, 4.69) is 0 Å². The van der Waals surface area contributed by atoms with Gasteiger partial charge in [-0.3, -0.25) is 0 Å². The molecule has 0 fully saturated rings. The van der Waals surface area contributed by atoms with Crippen LogP contribution >= 0.6 is 0 Å². The summed E-state index contributed by atoms with van der Waals surface area (Å²) in [4.78, 5) is 26.4. The molecule has 0 aliphatic rings. The molecule has 0 atom stereocenters. The van der Waals surface area contributed by atoms with Gasteiger partial charge >= 0.3 is 24.3 Å². The summed E-state index contributed by atoms with van der Waals surface area (Å²) in [6.07, 6.45) is -10.6. The molecule has 0 aliphatic carbocycles. The maximum atomic E-state index is 14.4. The summed E-state index contributed by atoms with van der Waals surface area (Å²) in [5, 5.41) is 0. The molecule has 0 radical (unpaired) electrons. The summed E-state index contributed by atoms with van der Waals surface area (Å²) in [7, 11) is 0. The average Bonchev–Trinajstić information content (AvgIpc) is 2.94. The van der Waals surface area contributed by atoms with Crippen molar-refractivity contribution in [2.24, 2.45) is 0 Å². The number of carbonyl (C=O) groups excluding carboxylic acids is 2. The molecule has 0 amide bonds. The van der Waals surface area contributed by atoms with Crippen molar-refractivity contribution in [1.82, 2.24) is 0 Å². The van der Waals surface area contributed by atoms with Gasteiger partial charge < -0.3 is 20.9 Å². The Balaban J connectivity index is 1.95. The van der Waals surface area contributed by atoms with Crippen molar-refractivity contribution in [1.29, 1.82) is 0 Å². The highest BCUT2D eigenvalue weighted by Gasteiger charge is 2.43. The molecule has 12 heteroatoms. The number of hydrogen-bond acceptors (Lipinski definition) is 6. The first-order valence-electron chi connectivity index (χ1n) is 12.2. The second-order valence-electron chi connectivity index (χ2n) is 9.10. The zero-order valence-electron chi connectivity index (χ0n) is 21.6. The zero-order chi connectivity index (χ0) is 30.7. The van der Waals surface area contributed by atoms with Crippen LogP contribution in [0.3, 0.4) is 0 Å². The molecule has 218 valence electrons. The Morgan fingerprint density at radius 1 is 0.571 bits per heavy atom. The molecule has 0 saturated heterocycles. The monoisotopic (exact) mass is 588 g/mol. The van der Waals surface area contributed by atoms with Crippen molar-refractivity contribution in [2.45, 2.75) is 25.6 Å². The van der Waals surface area contributed by atoms with Gasteiger partial charge in [-0.2, -0.15) is 26.3 Å². The van der Waals surface area contributed by atoms with Crippen LogP contribution in [0, 0.1) is 0 Å². The van der Waals surface area contributed by atoms with Gasteiger partial charge in [0.1, 0.15) is 13.2 Å². The number of halogens is 6. The van der Waals surface area contributed by atoms with E-state index in [1.54, 1.807) is 60.7 Å². The minimum absolute atomic E-state index is 0.374. The van der Waals surface area contributed by atoms with Crippen molar-refractivity contribution < 1.29 is 45.4 Å². The van der Waals surface area contributed by atoms with Gasteiger partial charge in [0.15, 0.2) is 0 Å². The Morgan fingerprint density at radius 2 is 0.905 bits per heavy atom. The average molecular weight is 589 g/mol. The fourth-order valence-corrected chi connectivity index (χ4v) is 4.24. The molecule has 4 rings (SSSR count). The minimum atomic E-state index is -5.31. The van der Waals surface area contributed by atoms with Crippen LogP contribution in [-0.2, 0) is 35.0 Å². The van der Waals surface area contributed by atoms with Gasteiger partial charge in [-0.05, 0) is 35.4 Å². The number of hydrogen-bond donors (Lipinski definition) is 2. The van der Waals surface area contributed by atoms with Crippen molar-refractivity contribution in [3.63, 3.8) is 0 Å². The van der Waals surface area contributed by atoms with Crippen LogP contribution in [0.4, 0.5) is 37.7 Å². The number of nitrogens with two attached hydrogens (primary N) is 2. The van der Waals surface area contributed by atoms with Crippen LogP contribution in [0.25, 0.3) is 11.1 Å². The van der Waals surface area contributed by atoms with E-state index in [0.29, 0.717) is 23.3 Å². The molecule has 4 aromatic rings. The Labute approximate surface area is 235 Å². The van der Waals surface area contributed by atoms with Crippen LogP contribution in [0.5, 0.6) is 0 Å². The summed E-state index contributed by atoms with van der Waals surface area (Å²) in [6.45, 7) is -0.815. The smallest absolute Gasteiger partial charge is 0.417 e. The summed E-state index contributed by atoms with van der Waals surface area (Å²) in [6, 6.07) is 18.4. The zero-order valence-corrected chi connectivity index (χ0v) is 21.6. The Morgan fingerprint density at radius 3 is 1.21 bits per heavy atom. The first-order valence-corrected chi connectivity index (χ1v) is 12.2. The maximum Gasteiger partial charge on any atom is 0.417 e. The van der Waals surface area contributed by atoms with Gasteiger partial charge in [0, 0.05) is 22.5 Å². The molecule has 4 N–H and O–H groups in total. The maximum absolute atomic E-state index is 14.4. The van der Waals surface area contributed by atoms with E-state index >= 15 is 0 Å². The fourth-order valence-electron chi connectivity index (χ4n) is 4.24. The highest BCUT2D eigenvalue weighted by molar-refractivity contribution is 6.06. The van der Waals surface area contributed by atoms with Crippen molar-refractivity contribution in [2.75, 3.05) is 11.5 Å². The molecule has 0 spiro atoms. The lowest BCUT2D eigenvalue weighted by Crippen LogP contribution is -2.20. The van der Waals surface area contributed by atoms with Gasteiger partial charge in [0.2, 0.25) is 0 Å². The highest BCUT2D eigenvalue weighted by Crippen LogP contribution is 2.47. The largest absolute Gasteiger partial charge is 0.457 e. The summed E-state index contributed by atoms with van der Waals surface area (Å²) in [5.41, 5.74) is 3.32. The van der Waals surface area contributed by atoms with E-state index in [4.69, 9.17) is 20.9 Å². The quantitative estimate of drug-likeness (QED) is 0.134. The predicted molar refractivity (Wildman–Crippen MR) is 142 cm³/mol. The number of carbonyl (C=O) groups is 2. The topological polar surface area (TPSA) is 105 Å². The van der Waals surface area contributed by atoms with Crippen LogP contribution in [0.15, 0.2) is 84.9 Å². The van der Waals surface area contributed by atoms with Gasteiger partial charge in [-0.25, -0.2) is 9.59 Å². The molecule has 0 heterocycles. The number of esters is 2. The van der Waals surface area contributed by atoms with Crippen molar-refractivity contribution in [3.8, 4) is 11.1 Å². The first-order chi connectivity index (χ1) is 19.8. The number of nitrogen functional groups attached to an aromatic ring is 2. The molecule has 0 unspecified atom stereocenters. The van der Waals surface area contributed by atoms with Gasteiger partial charge in [0.05, 0.1) is 22.3 Å². The fraction of sp³-hybridized carbons (Fsp3) is 0.133. The van der Waals surface area contributed by atoms with Crippen LogP contribution in [0.2, 0.25) is 0 Å². The Kier molecular flexibility index (Phi) is 8.46. The SMILES string of the molecule is Nc1cc(C(=O)OCc2ccccc2)c(-c2c(C(=O)OCc3ccccc3)cc(N)cc2C(F)(F)F)c(C(F)(F)F)c1. The summed E-state index contributed by atoms with van der Waals surface area (Å²) >= 11 is 0. The number of alkyl halides is 6. The summed E-state index contributed by atoms with van der Waals surface area (Å²) < 4.78 is 96.7. The molecular formula is C30H22F6N2O4. The number of anilines is 2. The molecule has 0 bridgehead atoms. The molecule has 6 nitrogen and oxygen atoms in total. The van der Waals surface area contributed by atoms with Crippen molar-refractivity contribution >= 4 is 23.3 Å². The highest BCUT2D eigenvalue weighted by atomic mass is 19.4. The van der Waals surface area contributed by atoms with E-state index in [1.165, 1.54) is 0 Å². The molecule has 42 heavy (non-hydrogen) atoms. The normalized spacial score (nSPS) is 11.7. The van der Waals surface area contributed by atoms with E-state index in [-0.39, 0.29) is 0 Å². The second-order valence-corrected chi connectivity index (χ2v) is 9.10. The number of rotatable bonds is 7. The lowest BCUT2D eigenvalue weighted by molar-refractivity contribution is -0.139. The summed E-state index contributed by atoms with van der Waals surface area (Å²) in [5.74, 6) is -2.81. The lowest BCUT2D eigenvalue weighted by Gasteiger charge is -2.23. The van der Waals surface area contributed by atoms with Gasteiger partial charge in [-0.15, -0.1) is 0 Å². The lowest BCUT2D eigenvalue weighted by atomic mass is 9.86. The first kappa shape index (κ1) is 30.0. The third-order valence-corrected chi connectivity index (χ3v) is 6.05. The predicted octanol–water partition coefficient (Wildman–Crippen LogP) is 7.27. The van der Waals surface area contributed by atoms with Crippen molar-refractivity contribution in [3.05, 3.63) is 118 Å². The standard InChI is InChI=1S/C30H22F6N2O4/c31-29(32,33)23-13-19(37)11-21(27(39)41-15-17-7-3-1-4-8-17)25(23)26-22(12-20(38)14-24(26)30(34,35)36)28(40)42-16-18-9-5-2-6-10-18/h1-14H,15-16,37-38H2. The van der Waals surface area contributed by atoms with Crippen LogP contribution < -0.4 is 11.5 Å². The second kappa shape index (κ2) is 11.9. The number of ether oxygens (including phenoxy) is 2.